The van der Waals surface area contributed by atoms with Crippen molar-refractivity contribution in [2.45, 2.75) is 6.18 Å². The fraction of sp³-hybridized carbons (Fsp3) is 0.0556. The first kappa shape index (κ1) is 18.6. The Balaban J connectivity index is 1.79. The van der Waals surface area contributed by atoms with E-state index >= 15 is 0 Å². The lowest BCUT2D eigenvalue weighted by molar-refractivity contribution is -0.137. The van der Waals surface area contributed by atoms with Crippen molar-refractivity contribution in [3.63, 3.8) is 0 Å². The normalized spacial score (nSPS) is 11.8. The number of anilines is 3. The van der Waals surface area contributed by atoms with Crippen LogP contribution in [0.5, 0.6) is 0 Å². The molecule has 0 saturated heterocycles. The van der Waals surface area contributed by atoms with E-state index < -0.39 is 23.4 Å². The van der Waals surface area contributed by atoms with Gasteiger partial charge >= 0.3 is 6.18 Å². The van der Waals surface area contributed by atoms with E-state index in [4.69, 9.17) is 5.73 Å². The summed E-state index contributed by atoms with van der Waals surface area (Å²) in [7, 11) is 0. The number of nitrogens with zero attached hydrogens (tertiary/aromatic N) is 3. The van der Waals surface area contributed by atoms with Gasteiger partial charge in [-0.15, -0.1) is 0 Å². The third-order valence-electron chi connectivity index (χ3n) is 4.12. The summed E-state index contributed by atoms with van der Waals surface area (Å²) in [6.07, 6.45) is -3.48. The van der Waals surface area contributed by atoms with Crippen LogP contribution in [0.3, 0.4) is 0 Å². The second-order valence-electron chi connectivity index (χ2n) is 6.05. The maximum absolute atomic E-state index is 13.8. The number of nitrogens with two attached hydrogens (primary N) is 1. The van der Waals surface area contributed by atoms with Crippen LogP contribution in [0.15, 0.2) is 42.6 Å². The predicted molar refractivity (Wildman–Crippen MR) is 96.2 cm³/mol. The molecule has 0 amide bonds. The van der Waals surface area contributed by atoms with Crippen molar-refractivity contribution in [3.8, 4) is 11.4 Å². The number of H-pyrrole nitrogens is 1. The van der Waals surface area contributed by atoms with Crippen molar-refractivity contribution >= 4 is 28.2 Å². The van der Waals surface area contributed by atoms with Crippen LogP contribution in [0.2, 0.25) is 0 Å². The maximum atomic E-state index is 13.8. The van der Waals surface area contributed by atoms with Gasteiger partial charge in [0.1, 0.15) is 11.3 Å². The van der Waals surface area contributed by atoms with Crippen LogP contribution in [0.1, 0.15) is 5.56 Å². The minimum Gasteiger partial charge on any atom is -0.394 e. The van der Waals surface area contributed by atoms with E-state index in [1.54, 1.807) is 0 Å². The molecule has 0 bridgehead atoms. The van der Waals surface area contributed by atoms with Gasteiger partial charge in [-0.1, -0.05) is 18.2 Å². The topological polar surface area (TPSA) is 92.5 Å². The van der Waals surface area contributed by atoms with Crippen LogP contribution < -0.4 is 11.1 Å². The van der Waals surface area contributed by atoms with Gasteiger partial charge in [-0.05, 0) is 12.1 Å². The molecule has 0 fully saturated rings. The number of nitrogens with one attached hydrogen (secondary N) is 2. The van der Waals surface area contributed by atoms with E-state index in [0.717, 1.165) is 18.3 Å². The number of hydrogen-bond donors (Lipinski definition) is 3. The van der Waals surface area contributed by atoms with E-state index in [-0.39, 0.29) is 39.6 Å². The number of rotatable bonds is 3. The van der Waals surface area contributed by atoms with Gasteiger partial charge in [-0.3, -0.25) is 5.10 Å². The molecule has 148 valence electrons. The first-order chi connectivity index (χ1) is 13.7. The predicted octanol–water partition coefficient (Wildman–Crippen LogP) is 4.64. The molecule has 4 rings (SSSR count). The molecular weight excluding hydrogens is 395 g/mol. The number of nitrogen functional groups attached to an aromatic ring is 1. The zero-order chi connectivity index (χ0) is 20.8. The van der Waals surface area contributed by atoms with Crippen LogP contribution in [0.4, 0.5) is 39.3 Å². The second kappa shape index (κ2) is 6.69. The average Bonchev–Trinajstić information content (AvgIpc) is 3.06. The van der Waals surface area contributed by atoms with Crippen LogP contribution in [0, 0.1) is 11.6 Å². The molecule has 0 radical (unpaired) electrons. The Morgan fingerprint density at radius 3 is 2.55 bits per heavy atom. The molecule has 6 nitrogen and oxygen atoms in total. The van der Waals surface area contributed by atoms with E-state index in [0.29, 0.717) is 6.07 Å². The Labute approximate surface area is 159 Å². The Kier molecular flexibility index (Phi) is 4.29. The largest absolute Gasteiger partial charge is 0.417 e. The van der Waals surface area contributed by atoms with Gasteiger partial charge in [0.25, 0.3) is 0 Å². The molecule has 4 N–H and O–H groups in total. The van der Waals surface area contributed by atoms with Crippen LogP contribution in [-0.4, -0.2) is 20.2 Å². The molecule has 0 unspecified atom stereocenters. The van der Waals surface area contributed by atoms with E-state index in [1.807, 2.05) is 0 Å². The van der Waals surface area contributed by atoms with E-state index in [1.165, 1.54) is 18.2 Å². The molecule has 29 heavy (non-hydrogen) atoms. The standard InChI is InChI=1S/C18H11F5N6/c19-8-5-10-14(12(20)6-8)28-29-16(10)27-17-13(24)7-25-15(26-17)9-3-1-2-4-11(9)18(21,22)23/h1-7H,24H2,(H2,25,26,27,28,29). The van der Waals surface area contributed by atoms with Crippen molar-refractivity contribution in [1.82, 2.24) is 20.2 Å². The number of aromatic amines is 1. The number of aromatic nitrogens is 4. The van der Waals surface area contributed by atoms with Crippen molar-refractivity contribution in [3.05, 3.63) is 59.8 Å². The summed E-state index contributed by atoms with van der Waals surface area (Å²) >= 11 is 0. The quantitative estimate of drug-likeness (QED) is 0.431. The summed E-state index contributed by atoms with van der Waals surface area (Å²) < 4.78 is 67.2. The van der Waals surface area contributed by atoms with Crippen LogP contribution >= 0.6 is 0 Å². The molecule has 0 spiro atoms. The molecule has 0 saturated carbocycles. The molecular formula is C18H11F5N6. The smallest absolute Gasteiger partial charge is 0.394 e. The molecule has 2 heterocycles. The molecule has 4 aromatic rings. The van der Waals surface area contributed by atoms with E-state index in [2.05, 4.69) is 25.5 Å². The SMILES string of the molecule is Nc1cnc(-c2ccccc2C(F)(F)F)nc1Nc1n[nH]c2c(F)cc(F)cc12. The summed E-state index contributed by atoms with van der Waals surface area (Å²) in [5, 5.41) is 9.03. The summed E-state index contributed by atoms with van der Waals surface area (Å²) in [6, 6.07) is 6.55. The summed E-state index contributed by atoms with van der Waals surface area (Å²) in [5.74, 6) is -1.97. The lowest BCUT2D eigenvalue weighted by atomic mass is 10.1. The Bertz CT molecular complexity index is 1220. The van der Waals surface area contributed by atoms with Gasteiger partial charge in [0.2, 0.25) is 0 Å². The minimum absolute atomic E-state index is 0.00106. The highest BCUT2D eigenvalue weighted by atomic mass is 19.4. The average molecular weight is 406 g/mol. The zero-order valence-corrected chi connectivity index (χ0v) is 14.4. The van der Waals surface area contributed by atoms with Crippen molar-refractivity contribution in [1.29, 1.82) is 0 Å². The fourth-order valence-corrected chi connectivity index (χ4v) is 2.80. The number of alkyl halides is 3. The highest BCUT2D eigenvalue weighted by Gasteiger charge is 2.34. The molecule has 11 heteroatoms. The Morgan fingerprint density at radius 2 is 1.79 bits per heavy atom. The molecule has 0 aliphatic rings. The Morgan fingerprint density at radius 1 is 1.03 bits per heavy atom. The lowest BCUT2D eigenvalue weighted by Gasteiger charge is -2.13. The molecule has 0 atom stereocenters. The number of hydrogen-bond acceptors (Lipinski definition) is 5. The third-order valence-corrected chi connectivity index (χ3v) is 4.12. The molecule has 2 aromatic heterocycles. The first-order valence-corrected chi connectivity index (χ1v) is 8.13. The monoisotopic (exact) mass is 406 g/mol. The number of fused-ring (bicyclic) bond motifs is 1. The highest BCUT2D eigenvalue weighted by Crippen LogP contribution is 2.36. The minimum atomic E-state index is -4.61. The molecule has 2 aromatic carbocycles. The van der Waals surface area contributed by atoms with Crippen molar-refractivity contribution in [2.24, 2.45) is 0 Å². The van der Waals surface area contributed by atoms with Gasteiger partial charge in [-0.25, -0.2) is 18.7 Å². The van der Waals surface area contributed by atoms with Gasteiger partial charge in [0.15, 0.2) is 23.3 Å². The van der Waals surface area contributed by atoms with Crippen LogP contribution in [0.25, 0.3) is 22.3 Å². The van der Waals surface area contributed by atoms with Gasteiger partial charge in [-0.2, -0.15) is 18.3 Å². The van der Waals surface area contributed by atoms with Gasteiger partial charge in [0, 0.05) is 11.6 Å². The van der Waals surface area contributed by atoms with E-state index in [9.17, 15) is 22.0 Å². The summed E-state index contributed by atoms with van der Waals surface area (Å²) in [6.45, 7) is 0. The fourth-order valence-electron chi connectivity index (χ4n) is 2.80. The van der Waals surface area contributed by atoms with Crippen molar-refractivity contribution in [2.75, 3.05) is 11.1 Å². The maximum Gasteiger partial charge on any atom is 0.417 e. The van der Waals surface area contributed by atoms with Gasteiger partial charge < -0.3 is 11.1 Å². The summed E-state index contributed by atoms with van der Waals surface area (Å²) in [5.41, 5.74) is 4.61. The number of halogens is 5. The second-order valence-corrected chi connectivity index (χ2v) is 6.05. The number of benzene rings is 2. The zero-order valence-electron chi connectivity index (χ0n) is 14.4. The van der Waals surface area contributed by atoms with Gasteiger partial charge in [0.05, 0.1) is 22.8 Å². The first-order valence-electron chi connectivity index (χ1n) is 8.13. The third kappa shape index (κ3) is 3.42. The Hall–Kier alpha value is -3.76. The van der Waals surface area contributed by atoms with Crippen LogP contribution in [-0.2, 0) is 6.18 Å². The highest BCUT2D eigenvalue weighted by molar-refractivity contribution is 5.92. The molecule has 0 aliphatic carbocycles. The van der Waals surface area contributed by atoms with Crippen molar-refractivity contribution < 1.29 is 22.0 Å². The summed E-state index contributed by atoms with van der Waals surface area (Å²) in [4.78, 5) is 7.93. The lowest BCUT2D eigenvalue weighted by Crippen LogP contribution is -2.09. The molecule has 0 aliphatic heterocycles.